The molecule has 4 nitrogen and oxygen atoms in total. The first-order valence-electron chi connectivity index (χ1n) is 7.85. The normalized spacial score (nSPS) is 10.6. The van der Waals surface area contributed by atoms with E-state index in [2.05, 4.69) is 10.6 Å². The zero-order chi connectivity index (χ0) is 17.8. The molecule has 0 amide bonds. The number of thiocarbonyl (C=S) groups is 1. The molecule has 0 radical (unpaired) electrons. The van der Waals surface area contributed by atoms with E-state index in [0.717, 1.165) is 28.6 Å². The van der Waals surface area contributed by atoms with E-state index in [-0.39, 0.29) is 11.4 Å². The summed E-state index contributed by atoms with van der Waals surface area (Å²) in [5.41, 5.74) is 2.78. The molecule has 25 heavy (non-hydrogen) atoms. The summed E-state index contributed by atoms with van der Waals surface area (Å²) < 4.78 is 18.1. The van der Waals surface area contributed by atoms with Crippen molar-refractivity contribution in [1.82, 2.24) is 5.32 Å². The van der Waals surface area contributed by atoms with Crippen LogP contribution in [0.2, 0.25) is 0 Å². The van der Waals surface area contributed by atoms with Gasteiger partial charge in [0.15, 0.2) is 5.11 Å². The first-order chi connectivity index (χ1) is 12.0. The molecule has 2 aromatic carbocycles. The molecule has 0 fully saturated rings. The lowest BCUT2D eigenvalue weighted by Gasteiger charge is -2.11. The highest BCUT2D eigenvalue weighted by molar-refractivity contribution is 7.80. The van der Waals surface area contributed by atoms with Gasteiger partial charge in [-0.05, 0) is 61.0 Å². The molecule has 0 aliphatic heterocycles. The summed E-state index contributed by atoms with van der Waals surface area (Å²) in [7, 11) is 0. The summed E-state index contributed by atoms with van der Waals surface area (Å²) in [6.07, 6.45) is 0.730. The fraction of sp³-hybridized carbons (Fsp3) is 0.158. The van der Waals surface area contributed by atoms with Crippen LogP contribution >= 0.6 is 12.2 Å². The van der Waals surface area contributed by atoms with Crippen molar-refractivity contribution >= 4 is 34.0 Å². The molecule has 1 aromatic heterocycles. The monoisotopic (exact) mass is 356 g/mol. The predicted octanol–water partition coefficient (Wildman–Crippen LogP) is 3.77. The third kappa shape index (κ3) is 4.42. The number of rotatable bonds is 4. The molecule has 128 valence electrons. The molecule has 1 heterocycles. The fourth-order valence-electron chi connectivity index (χ4n) is 2.55. The quantitative estimate of drug-likeness (QED) is 0.551. The lowest BCUT2D eigenvalue weighted by Crippen LogP contribution is -2.30. The summed E-state index contributed by atoms with van der Waals surface area (Å²) in [6.45, 7) is 2.49. The van der Waals surface area contributed by atoms with Crippen molar-refractivity contribution in [2.75, 3.05) is 11.9 Å². The fourth-order valence-corrected chi connectivity index (χ4v) is 2.77. The lowest BCUT2D eigenvalue weighted by molar-refractivity contribution is 0.560. The molecular weight excluding hydrogens is 339 g/mol. The molecular formula is C19H17FN2O2S. The van der Waals surface area contributed by atoms with Crippen LogP contribution in [0.15, 0.2) is 57.7 Å². The van der Waals surface area contributed by atoms with E-state index < -0.39 is 0 Å². The van der Waals surface area contributed by atoms with Crippen molar-refractivity contribution in [2.24, 2.45) is 0 Å². The number of anilines is 1. The first kappa shape index (κ1) is 17.1. The van der Waals surface area contributed by atoms with Gasteiger partial charge in [-0.3, -0.25) is 0 Å². The Morgan fingerprint density at radius 2 is 1.92 bits per heavy atom. The number of hydrogen-bond acceptors (Lipinski definition) is 3. The van der Waals surface area contributed by atoms with Gasteiger partial charge in [0.1, 0.15) is 11.4 Å². The topological polar surface area (TPSA) is 54.3 Å². The standard InChI is InChI=1S/C19H17FN2O2S/c1-12-10-18(23)24-17-11-15(6-7-16(12)17)22-19(25)21-9-8-13-2-4-14(20)5-3-13/h2-7,10-11H,8-9H2,1H3,(H2,21,22,25). The smallest absolute Gasteiger partial charge is 0.336 e. The molecule has 3 aromatic rings. The third-order valence-electron chi connectivity index (χ3n) is 3.82. The maximum Gasteiger partial charge on any atom is 0.336 e. The maximum atomic E-state index is 12.9. The van der Waals surface area contributed by atoms with Crippen LogP contribution in [0.1, 0.15) is 11.1 Å². The molecule has 2 N–H and O–H groups in total. The van der Waals surface area contributed by atoms with Gasteiger partial charge in [-0.2, -0.15) is 0 Å². The molecule has 0 saturated heterocycles. The zero-order valence-corrected chi connectivity index (χ0v) is 14.5. The second-order valence-electron chi connectivity index (χ2n) is 5.72. The third-order valence-corrected chi connectivity index (χ3v) is 4.07. The van der Waals surface area contributed by atoms with Gasteiger partial charge < -0.3 is 15.1 Å². The summed E-state index contributed by atoms with van der Waals surface area (Å²) in [5, 5.41) is 7.52. The van der Waals surface area contributed by atoms with E-state index >= 15 is 0 Å². The molecule has 3 rings (SSSR count). The minimum atomic E-state index is -0.373. The van der Waals surface area contributed by atoms with Crippen molar-refractivity contribution in [3.05, 3.63) is 75.9 Å². The average molecular weight is 356 g/mol. The molecule has 0 aliphatic carbocycles. The molecule has 0 saturated carbocycles. The van der Waals surface area contributed by atoms with Gasteiger partial charge in [-0.25, -0.2) is 9.18 Å². The molecule has 0 bridgehead atoms. The number of fused-ring (bicyclic) bond motifs is 1. The second-order valence-corrected chi connectivity index (χ2v) is 6.13. The van der Waals surface area contributed by atoms with Crippen LogP contribution < -0.4 is 16.3 Å². The molecule has 0 aliphatic rings. The van der Waals surface area contributed by atoms with Crippen molar-refractivity contribution in [3.63, 3.8) is 0 Å². The van der Waals surface area contributed by atoms with Crippen molar-refractivity contribution in [1.29, 1.82) is 0 Å². The van der Waals surface area contributed by atoms with Crippen molar-refractivity contribution < 1.29 is 8.81 Å². The Bertz CT molecular complexity index is 967. The van der Waals surface area contributed by atoms with E-state index in [9.17, 15) is 9.18 Å². The lowest BCUT2D eigenvalue weighted by atomic mass is 10.1. The first-order valence-corrected chi connectivity index (χ1v) is 8.26. The minimum Gasteiger partial charge on any atom is -0.423 e. The van der Waals surface area contributed by atoms with Gasteiger partial charge in [0, 0.05) is 29.8 Å². The SMILES string of the molecule is Cc1cc(=O)oc2cc(NC(=S)NCCc3ccc(F)cc3)ccc12. The van der Waals surface area contributed by atoms with Crippen LogP contribution in [0, 0.1) is 12.7 Å². The van der Waals surface area contributed by atoms with Crippen LogP contribution in [0.4, 0.5) is 10.1 Å². The Balaban J connectivity index is 1.60. The average Bonchev–Trinajstić information content (AvgIpc) is 2.56. The van der Waals surface area contributed by atoms with Crippen LogP contribution in [0.3, 0.4) is 0 Å². The number of hydrogen-bond donors (Lipinski definition) is 2. The second kappa shape index (κ2) is 7.44. The molecule has 0 atom stereocenters. The van der Waals surface area contributed by atoms with E-state index in [0.29, 0.717) is 17.2 Å². The van der Waals surface area contributed by atoms with Crippen molar-refractivity contribution in [3.8, 4) is 0 Å². The summed E-state index contributed by atoms with van der Waals surface area (Å²) in [4.78, 5) is 11.5. The van der Waals surface area contributed by atoms with Crippen LogP contribution in [0.5, 0.6) is 0 Å². The molecule has 0 spiro atoms. The summed E-state index contributed by atoms with van der Waals surface area (Å²) in [6, 6.07) is 13.4. The highest BCUT2D eigenvalue weighted by atomic mass is 32.1. The van der Waals surface area contributed by atoms with Crippen molar-refractivity contribution in [2.45, 2.75) is 13.3 Å². The Morgan fingerprint density at radius 3 is 2.68 bits per heavy atom. The Kier molecular flexibility index (Phi) is 5.09. The number of nitrogens with one attached hydrogen (secondary N) is 2. The predicted molar refractivity (Wildman–Crippen MR) is 102 cm³/mol. The van der Waals surface area contributed by atoms with Gasteiger partial charge in [0.05, 0.1) is 0 Å². The maximum absolute atomic E-state index is 12.9. The van der Waals surface area contributed by atoms with Gasteiger partial charge in [-0.1, -0.05) is 12.1 Å². The minimum absolute atomic E-state index is 0.243. The Labute approximate surface area is 149 Å². The summed E-state index contributed by atoms with van der Waals surface area (Å²) in [5.74, 6) is -0.243. The Hall–Kier alpha value is -2.73. The van der Waals surface area contributed by atoms with Crippen LogP contribution in [-0.4, -0.2) is 11.7 Å². The van der Waals surface area contributed by atoms with E-state index in [4.69, 9.17) is 16.6 Å². The Morgan fingerprint density at radius 1 is 1.16 bits per heavy atom. The van der Waals surface area contributed by atoms with Gasteiger partial charge in [0.2, 0.25) is 0 Å². The number of aryl methyl sites for hydroxylation is 1. The largest absolute Gasteiger partial charge is 0.423 e. The van der Waals surface area contributed by atoms with Gasteiger partial charge >= 0.3 is 5.63 Å². The van der Waals surface area contributed by atoms with E-state index in [1.807, 2.05) is 19.1 Å². The number of halogens is 1. The highest BCUT2D eigenvalue weighted by Crippen LogP contribution is 2.20. The van der Waals surface area contributed by atoms with Gasteiger partial charge in [-0.15, -0.1) is 0 Å². The number of benzene rings is 2. The van der Waals surface area contributed by atoms with E-state index in [1.54, 1.807) is 18.2 Å². The highest BCUT2D eigenvalue weighted by Gasteiger charge is 2.04. The summed E-state index contributed by atoms with van der Waals surface area (Å²) >= 11 is 5.27. The molecule has 0 unspecified atom stereocenters. The molecule has 6 heteroatoms. The zero-order valence-electron chi connectivity index (χ0n) is 13.6. The van der Waals surface area contributed by atoms with E-state index in [1.165, 1.54) is 18.2 Å². The van der Waals surface area contributed by atoms with Gasteiger partial charge in [0.25, 0.3) is 0 Å². The van der Waals surface area contributed by atoms with Crippen LogP contribution in [-0.2, 0) is 6.42 Å². The van der Waals surface area contributed by atoms with Crippen LogP contribution in [0.25, 0.3) is 11.0 Å².